The van der Waals surface area contributed by atoms with Crippen LogP contribution in [0.3, 0.4) is 0 Å². The summed E-state index contributed by atoms with van der Waals surface area (Å²) in [5, 5.41) is 8.97. The molecule has 13 heavy (non-hydrogen) atoms. The van der Waals surface area contributed by atoms with Gasteiger partial charge in [-0.05, 0) is 31.2 Å². The summed E-state index contributed by atoms with van der Waals surface area (Å²) < 4.78 is 0. The van der Waals surface area contributed by atoms with Crippen molar-refractivity contribution in [2.75, 3.05) is 26.2 Å². The molecule has 78 valence electrons. The number of aliphatic hydroxyl groups is 1. The van der Waals surface area contributed by atoms with Crippen LogP contribution in [0.25, 0.3) is 0 Å². The van der Waals surface area contributed by atoms with Gasteiger partial charge in [0, 0.05) is 19.7 Å². The van der Waals surface area contributed by atoms with Crippen LogP contribution in [-0.4, -0.2) is 36.2 Å². The molecule has 0 radical (unpaired) electrons. The van der Waals surface area contributed by atoms with Crippen molar-refractivity contribution in [3.63, 3.8) is 0 Å². The standard InChI is InChI=1S/C11H23NO/c1-10-5-3-4-6-12(7-10)8-11(2)9-13/h10-11,13H,3-9H2,1-2H3. The SMILES string of the molecule is CC(CO)CN1CCCCC(C)C1. The quantitative estimate of drug-likeness (QED) is 0.724. The molecule has 0 aromatic carbocycles. The highest BCUT2D eigenvalue weighted by atomic mass is 16.3. The van der Waals surface area contributed by atoms with Gasteiger partial charge < -0.3 is 10.0 Å². The third kappa shape index (κ3) is 4.10. The molecule has 1 aliphatic heterocycles. The molecule has 1 aliphatic rings. The molecule has 0 spiro atoms. The molecule has 0 bridgehead atoms. The minimum Gasteiger partial charge on any atom is -0.396 e. The molecule has 1 heterocycles. The summed E-state index contributed by atoms with van der Waals surface area (Å²) in [6.07, 6.45) is 4.09. The number of likely N-dealkylation sites (tertiary alicyclic amines) is 1. The first-order valence-electron chi connectivity index (χ1n) is 5.55. The van der Waals surface area contributed by atoms with Gasteiger partial charge in [0.05, 0.1) is 0 Å². The maximum Gasteiger partial charge on any atom is 0.0468 e. The van der Waals surface area contributed by atoms with E-state index in [0.717, 1.165) is 12.5 Å². The first-order valence-corrected chi connectivity index (χ1v) is 5.55. The van der Waals surface area contributed by atoms with Gasteiger partial charge in [-0.2, -0.15) is 0 Å². The van der Waals surface area contributed by atoms with E-state index in [9.17, 15) is 0 Å². The van der Waals surface area contributed by atoms with Crippen LogP contribution >= 0.6 is 0 Å². The van der Waals surface area contributed by atoms with Gasteiger partial charge in [-0.3, -0.25) is 0 Å². The number of hydrogen-bond acceptors (Lipinski definition) is 2. The molecule has 0 amide bonds. The van der Waals surface area contributed by atoms with Crippen LogP contribution in [0.4, 0.5) is 0 Å². The van der Waals surface area contributed by atoms with Gasteiger partial charge in [0.1, 0.15) is 0 Å². The number of aliphatic hydroxyl groups excluding tert-OH is 1. The Bertz CT molecular complexity index is 138. The summed E-state index contributed by atoms with van der Waals surface area (Å²) in [7, 11) is 0. The summed E-state index contributed by atoms with van der Waals surface area (Å²) in [5.74, 6) is 1.28. The first-order chi connectivity index (χ1) is 6.22. The van der Waals surface area contributed by atoms with Crippen molar-refractivity contribution in [2.24, 2.45) is 11.8 Å². The minimum atomic E-state index is 0.324. The molecular weight excluding hydrogens is 162 g/mol. The average Bonchev–Trinajstić information content (AvgIpc) is 2.30. The molecule has 1 N–H and O–H groups in total. The predicted molar refractivity (Wildman–Crippen MR) is 55.7 cm³/mol. The molecule has 1 saturated heterocycles. The molecule has 1 fully saturated rings. The molecule has 1 rings (SSSR count). The van der Waals surface area contributed by atoms with E-state index in [1.807, 2.05) is 0 Å². The Hall–Kier alpha value is -0.0800. The van der Waals surface area contributed by atoms with Crippen LogP contribution < -0.4 is 0 Å². The smallest absolute Gasteiger partial charge is 0.0468 e. The molecule has 0 aromatic heterocycles. The average molecular weight is 185 g/mol. The lowest BCUT2D eigenvalue weighted by Gasteiger charge is -2.24. The minimum absolute atomic E-state index is 0.324. The predicted octanol–water partition coefficient (Wildman–Crippen LogP) is 1.74. The third-order valence-corrected chi connectivity index (χ3v) is 2.87. The second-order valence-corrected chi connectivity index (χ2v) is 4.65. The molecule has 0 saturated carbocycles. The van der Waals surface area contributed by atoms with Crippen molar-refractivity contribution in [3.8, 4) is 0 Å². The molecule has 2 atom stereocenters. The van der Waals surface area contributed by atoms with E-state index < -0.39 is 0 Å². The largest absolute Gasteiger partial charge is 0.396 e. The van der Waals surface area contributed by atoms with Crippen molar-refractivity contribution in [3.05, 3.63) is 0 Å². The Labute approximate surface area is 81.9 Å². The Morgan fingerprint density at radius 1 is 1.46 bits per heavy atom. The van der Waals surface area contributed by atoms with E-state index in [-0.39, 0.29) is 0 Å². The lowest BCUT2D eigenvalue weighted by molar-refractivity contribution is 0.167. The second kappa shape index (κ2) is 5.61. The molecular formula is C11H23NO. The van der Waals surface area contributed by atoms with E-state index in [2.05, 4.69) is 18.7 Å². The Morgan fingerprint density at radius 2 is 2.23 bits per heavy atom. The van der Waals surface area contributed by atoms with E-state index in [1.165, 1.54) is 32.4 Å². The maximum absolute atomic E-state index is 8.97. The second-order valence-electron chi connectivity index (χ2n) is 4.65. The zero-order valence-corrected chi connectivity index (χ0v) is 9.00. The van der Waals surface area contributed by atoms with E-state index >= 15 is 0 Å². The van der Waals surface area contributed by atoms with Crippen LogP contribution in [0.15, 0.2) is 0 Å². The zero-order valence-electron chi connectivity index (χ0n) is 9.00. The molecule has 2 unspecified atom stereocenters. The van der Waals surface area contributed by atoms with Crippen molar-refractivity contribution < 1.29 is 5.11 Å². The highest BCUT2D eigenvalue weighted by molar-refractivity contribution is 4.69. The van der Waals surface area contributed by atoms with Crippen LogP contribution in [-0.2, 0) is 0 Å². The summed E-state index contributed by atoms with van der Waals surface area (Å²) >= 11 is 0. The normalized spacial score (nSPS) is 28.4. The zero-order chi connectivity index (χ0) is 9.68. The fourth-order valence-corrected chi connectivity index (χ4v) is 2.12. The summed E-state index contributed by atoms with van der Waals surface area (Å²) in [5.41, 5.74) is 0. The Morgan fingerprint density at radius 3 is 2.92 bits per heavy atom. The topological polar surface area (TPSA) is 23.5 Å². The van der Waals surface area contributed by atoms with Crippen LogP contribution in [0, 0.1) is 11.8 Å². The number of hydrogen-bond donors (Lipinski definition) is 1. The van der Waals surface area contributed by atoms with Crippen molar-refractivity contribution in [1.29, 1.82) is 0 Å². The van der Waals surface area contributed by atoms with Crippen molar-refractivity contribution >= 4 is 0 Å². The van der Waals surface area contributed by atoms with E-state index in [4.69, 9.17) is 5.11 Å². The van der Waals surface area contributed by atoms with Gasteiger partial charge in [0.15, 0.2) is 0 Å². The summed E-state index contributed by atoms with van der Waals surface area (Å²) in [4.78, 5) is 2.51. The molecule has 0 aromatic rings. The third-order valence-electron chi connectivity index (χ3n) is 2.87. The molecule has 0 aliphatic carbocycles. The number of rotatable bonds is 3. The highest BCUT2D eigenvalue weighted by Crippen LogP contribution is 2.16. The molecule has 2 heteroatoms. The molecule has 2 nitrogen and oxygen atoms in total. The van der Waals surface area contributed by atoms with Crippen LogP contribution in [0.2, 0.25) is 0 Å². The van der Waals surface area contributed by atoms with Gasteiger partial charge in [-0.15, -0.1) is 0 Å². The van der Waals surface area contributed by atoms with E-state index in [1.54, 1.807) is 0 Å². The van der Waals surface area contributed by atoms with Gasteiger partial charge in [-0.1, -0.05) is 20.3 Å². The van der Waals surface area contributed by atoms with Gasteiger partial charge >= 0.3 is 0 Å². The van der Waals surface area contributed by atoms with Gasteiger partial charge in [0.25, 0.3) is 0 Å². The van der Waals surface area contributed by atoms with Crippen molar-refractivity contribution in [2.45, 2.75) is 33.1 Å². The first kappa shape index (κ1) is 11.0. The lowest BCUT2D eigenvalue weighted by Crippen LogP contribution is -2.32. The monoisotopic (exact) mass is 185 g/mol. The fraction of sp³-hybridized carbons (Fsp3) is 1.00. The van der Waals surface area contributed by atoms with Crippen LogP contribution in [0.1, 0.15) is 33.1 Å². The number of nitrogens with zero attached hydrogens (tertiary/aromatic N) is 1. The highest BCUT2D eigenvalue weighted by Gasteiger charge is 2.15. The lowest BCUT2D eigenvalue weighted by atomic mass is 10.1. The fourth-order valence-electron chi connectivity index (χ4n) is 2.12. The van der Waals surface area contributed by atoms with Gasteiger partial charge in [0.2, 0.25) is 0 Å². The van der Waals surface area contributed by atoms with Crippen molar-refractivity contribution in [1.82, 2.24) is 4.90 Å². The maximum atomic E-state index is 8.97. The Kier molecular flexibility index (Phi) is 4.74. The van der Waals surface area contributed by atoms with E-state index in [0.29, 0.717) is 12.5 Å². The Balaban J connectivity index is 2.30. The summed E-state index contributed by atoms with van der Waals surface area (Å²) in [6.45, 7) is 8.31. The van der Waals surface area contributed by atoms with Gasteiger partial charge in [-0.25, -0.2) is 0 Å². The summed E-state index contributed by atoms with van der Waals surface area (Å²) in [6, 6.07) is 0. The van der Waals surface area contributed by atoms with Crippen LogP contribution in [0.5, 0.6) is 0 Å².